The quantitative estimate of drug-likeness (QED) is 0.538. The van der Waals surface area contributed by atoms with Gasteiger partial charge in [-0.05, 0) is 6.07 Å². The van der Waals surface area contributed by atoms with Crippen molar-refractivity contribution in [2.45, 2.75) is 12.6 Å². The summed E-state index contributed by atoms with van der Waals surface area (Å²) in [6.45, 7) is 0. The molecule has 20 heavy (non-hydrogen) atoms. The van der Waals surface area contributed by atoms with Gasteiger partial charge >= 0.3 is 6.18 Å². The standard InChI is InChI=1S/C14H8F3NS2/c15-14(16,17)10-5-6-12(19)13-8-3-1-2-4-11(8)18-20-7-9(10)13/h1-5,7H,6H2. The molecule has 0 fully saturated rings. The van der Waals surface area contributed by atoms with E-state index in [1.54, 1.807) is 24.3 Å². The number of halogens is 3. The predicted molar refractivity (Wildman–Crippen MR) is 77.7 cm³/mol. The Morgan fingerprint density at radius 2 is 1.95 bits per heavy atom. The molecule has 0 N–H and O–H groups in total. The number of allylic oxidation sites excluding steroid dienone is 3. The number of fused-ring (bicyclic) bond motifs is 2. The van der Waals surface area contributed by atoms with E-state index in [1.165, 1.54) is 5.41 Å². The van der Waals surface area contributed by atoms with Crippen LogP contribution >= 0.6 is 24.2 Å². The molecule has 0 spiro atoms. The number of hydrogen-bond donors (Lipinski definition) is 0. The van der Waals surface area contributed by atoms with Crippen molar-refractivity contribution in [3.05, 3.63) is 57.5 Å². The van der Waals surface area contributed by atoms with E-state index in [4.69, 9.17) is 12.2 Å². The molecule has 1 aromatic carbocycles. The fourth-order valence-corrected chi connectivity index (χ4v) is 3.26. The summed E-state index contributed by atoms with van der Waals surface area (Å²) in [5.41, 5.74) is -0.00729. The van der Waals surface area contributed by atoms with Crippen molar-refractivity contribution in [2.24, 2.45) is 4.40 Å². The number of nitrogens with zero attached hydrogens (tertiary/aromatic N) is 1. The third kappa shape index (κ3) is 2.23. The Morgan fingerprint density at radius 3 is 2.70 bits per heavy atom. The SMILES string of the molecule is FC(F)(F)C1=CCC(=S)C2=c3ccccc3=NSC=C12. The molecule has 1 aliphatic carbocycles. The van der Waals surface area contributed by atoms with E-state index in [-0.39, 0.29) is 12.0 Å². The molecule has 1 heterocycles. The normalized spacial score (nSPS) is 18.4. The molecule has 0 amide bonds. The highest BCUT2D eigenvalue weighted by Gasteiger charge is 2.39. The minimum atomic E-state index is -4.38. The molecule has 1 nitrogen and oxygen atoms in total. The van der Waals surface area contributed by atoms with Gasteiger partial charge in [-0.15, -0.1) is 0 Å². The number of thiocarbonyl (C=S) groups is 1. The average molecular weight is 311 g/mol. The molecule has 0 saturated heterocycles. The molecule has 2 aliphatic rings. The highest BCUT2D eigenvalue weighted by Crippen LogP contribution is 2.40. The Bertz CT molecular complexity index is 772. The summed E-state index contributed by atoms with van der Waals surface area (Å²) in [6, 6.07) is 7.13. The predicted octanol–water partition coefficient (Wildman–Crippen LogP) is 3.26. The van der Waals surface area contributed by atoms with E-state index in [1.807, 2.05) is 0 Å². The Kier molecular flexibility index (Phi) is 3.30. The molecule has 0 saturated carbocycles. The largest absolute Gasteiger partial charge is 0.416 e. The van der Waals surface area contributed by atoms with Crippen molar-refractivity contribution in [3.8, 4) is 0 Å². The maximum absolute atomic E-state index is 13.1. The lowest BCUT2D eigenvalue weighted by Crippen LogP contribution is -2.31. The lowest BCUT2D eigenvalue weighted by Gasteiger charge is -2.22. The van der Waals surface area contributed by atoms with E-state index < -0.39 is 11.7 Å². The van der Waals surface area contributed by atoms with Crippen LogP contribution in [0.15, 0.2) is 51.3 Å². The maximum atomic E-state index is 13.1. The van der Waals surface area contributed by atoms with Crippen LogP contribution in [-0.4, -0.2) is 11.0 Å². The van der Waals surface area contributed by atoms with Crippen LogP contribution in [0.4, 0.5) is 13.2 Å². The summed E-state index contributed by atoms with van der Waals surface area (Å²) in [4.78, 5) is 0.523. The van der Waals surface area contributed by atoms with E-state index in [2.05, 4.69) is 4.40 Å². The van der Waals surface area contributed by atoms with Crippen LogP contribution in [0.25, 0.3) is 5.57 Å². The number of hydrogen-bond acceptors (Lipinski definition) is 3. The Hall–Kier alpha value is -1.40. The molecule has 0 atom stereocenters. The molecule has 1 aliphatic heterocycles. The highest BCUT2D eigenvalue weighted by molar-refractivity contribution is 8.00. The van der Waals surface area contributed by atoms with Gasteiger partial charge in [0.2, 0.25) is 0 Å². The molecule has 0 unspecified atom stereocenters. The Labute approximate surface area is 122 Å². The summed E-state index contributed by atoms with van der Waals surface area (Å²) in [5, 5.41) is 2.76. The monoisotopic (exact) mass is 311 g/mol. The minimum Gasteiger partial charge on any atom is -0.211 e. The number of benzene rings is 1. The lowest BCUT2D eigenvalue weighted by molar-refractivity contribution is -0.0891. The van der Waals surface area contributed by atoms with Crippen molar-refractivity contribution in [1.82, 2.24) is 0 Å². The number of alkyl halides is 3. The van der Waals surface area contributed by atoms with Crippen molar-refractivity contribution in [2.75, 3.05) is 0 Å². The third-order valence-electron chi connectivity index (χ3n) is 3.13. The fraction of sp³-hybridized carbons (Fsp3) is 0.143. The molecular formula is C14H8F3NS2. The van der Waals surface area contributed by atoms with Gasteiger partial charge in [-0.3, -0.25) is 0 Å². The van der Waals surface area contributed by atoms with Gasteiger partial charge in [0, 0.05) is 45.0 Å². The van der Waals surface area contributed by atoms with E-state index in [0.717, 1.165) is 18.0 Å². The lowest BCUT2D eigenvalue weighted by atomic mass is 9.87. The summed E-state index contributed by atoms with van der Waals surface area (Å²) < 4.78 is 43.7. The van der Waals surface area contributed by atoms with Gasteiger partial charge in [0.15, 0.2) is 0 Å². The second kappa shape index (κ2) is 4.86. The first kappa shape index (κ1) is 13.6. The first-order valence-electron chi connectivity index (χ1n) is 5.83. The van der Waals surface area contributed by atoms with Gasteiger partial charge < -0.3 is 0 Å². The van der Waals surface area contributed by atoms with Crippen molar-refractivity contribution >= 4 is 34.6 Å². The molecule has 102 valence electrons. The van der Waals surface area contributed by atoms with Crippen LogP contribution in [0.2, 0.25) is 0 Å². The zero-order valence-corrected chi connectivity index (χ0v) is 11.7. The third-order valence-corrected chi connectivity index (χ3v) is 4.14. The molecule has 0 radical (unpaired) electrons. The fourth-order valence-electron chi connectivity index (χ4n) is 2.28. The summed E-state index contributed by atoms with van der Waals surface area (Å²) in [7, 11) is 0. The highest BCUT2D eigenvalue weighted by atomic mass is 32.2. The van der Waals surface area contributed by atoms with Gasteiger partial charge in [0.1, 0.15) is 0 Å². The van der Waals surface area contributed by atoms with E-state index >= 15 is 0 Å². The van der Waals surface area contributed by atoms with Crippen LogP contribution in [0, 0.1) is 0 Å². The first-order valence-corrected chi connectivity index (χ1v) is 7.07. The van der Waals surface area contributed by atoms with Crippen molar-refractivity contribution in [3.63, 3.8) is 0 Å². The summed E-state index contributed by atoms with van der Waals surface area (Å²) >= 11 is 6.28. The first-order chi connectivity index (χ1) is 9.48. The Balaban J connectivity index is 2.36. The van der Waals surface area contributed by atoms with Crippen LogP contribution < -0.4 is 10.6 Å². The van der Waals surface area contributed by atoms with E-state index in [0.29, 0.717) is 21.0 Å². The maximum Gasteiger partial charge on any atom is 0.416 e. The van der Waals surface area contributed by atoms with Crippen LogP contribution in [0.3, 0.4) is 0 Å². The number of rotatable bonds is 0. The van der Waals surface area contributed by atoms with Crippen LogP contribution in [0.5, 0.6) is 0 Å². The smallest absolute Gasteiger partial charge is 0.211 e. The Morgan fingerprint density at radius 1 is 1.20 bits per heavy atom. The molecule has 1 aromatic rings. The van der Waals surface area contributed by atoms with Gasteiger partial charge in [-0.1, -0.05) is 36.5 Å². The van der Waals surface area contributed by atoms with E-state index in [9.17, 15) is 13.2 Å². The van der Waals surface area contributed by atoms with Crippen LogP contribution in [0.1, 0.15) is 6.42 Å². The molecular weight excluding hydrogens is 303 g/mol. The zero-order valence-electron chi connectivity index (χ0n) is 10.1. The van der Waals surface area contributed by atoms with Crippen molar-refractivity contribution < 1.29 is 13.2 Å². The van der Waals surface area contributed by atoms with Gasteiger partial charge in [0.05, 0.1) is 10.9 Å². The topological polar surface area (TPSA) is 12.4 Å². The van der Waals surface area contributed by atoms with Crippen LogP contribution in [-0.2, 0) is 0 Å². The summed E-state index contributed by atoms with van der Waals surface area (Å²) in [6.07, 6.45) is -3.09. The molecule has 3 rings (SSSR count). The van der Waals surface area contributed by atoms with Gasteiger partial charge in [-0.2, -0.15) is 13.2 Å². The van der Waals surface area contributed by atoms with Gasteiger partial charge in [0.25, 0.3) is 0 Å². The minimum absolute atomic E-state index is 0.132. The zero-order chi connectivity index (χ0) is 14.3. The molecule has 0 bridgehead atoms. The second-order valence-electron chi connectivity index (χ2n) is 4.36. The summed E-state index contributed by atoms with van der Waals surface area (Å²) in [5.74, 6) is 0. The molecule has 6 heteroatoms. The van der Waals surface area contributed by atoms with Crippen molar-refractivity contribution in [1.29, 1.82) is 0 Å². The molecule has 0 aromatic heterocycles. The van der Waals surface area contributed by atoms with Gasteiger partial charge in [-0.25, -0.2) is 4.40 Å². The second-order valence-corrected chi connectivity index (χ2v) is 5.49. The average Bonchev–Trinajstić information content (AvgIpc) is 2.57.